The first kappa shape index (κ1) is 10.4. The van der Waals surface area contributed by atoms with Gasteiger partial charge in [-0.15, -0.1) is 0 Å². The van der Waals surface area contributed by atoms with Crippen LogP contribution in [0.25, 0.3) is 0 Å². The molecule has 0 aromatic heterocycles. The van der Waals surface area contributed by atoms with Crippen LogP contribution in [0.15, 0.2) is 0 Å². The Kier molecular flexibility index (Phi) is 3.10. The van der Waals surface area contributed by atoms with E-state index in [1.54, 1.807) is 0 Å². The summed E-state index contributed by atoms with van der Waals surface area (Å²) in [5.74, 6) is 0. The third-order valence-corrected chi connectivity index (χ3v) is 3.73. The van der Waals surface area contributed by atoms with Crippen molar-refractivity contribution in [1.29, 1.82) is 0 Å². The van der Waals surface area contributed by atoms with E-state index in [0.717, 1.165) is 26.0 Å². The molecule has 3 nitrogen and oxygen atoms in total. The smallest absolute Gasteiger partial charge is 0.0703 e. The van der Waals surface area contributed by atoms with Gasteiger partial charge in [0.1, 0.15) is 0 Å². The van der Waals surface area contributed by atoms with Gasteiger partial charge in [0, 0.05) is 31.3 Å². The number of ether oxygens (including phenoxy) is 1. The molecule has 0 bridgehead atoms. The minimum absolute atomic E-state index is 0.409. The van der Waals surface area contributed by atoms with E-state index < -0.39 is 0 Å². The van der Waals surface area contributed by atoms with Crippen LogP contribution in [-0.4, -0.2) is 42.3 Å². The van der Waals surface area contributed by atoms with Gasteiger partial charge in [0.2, 0.25) is 0 Å². The largest absolute Gasteiger partial charge is 0.377 e. The Balaban J connectivity index is 1.96. The predicted molar refractivity (Wildman–Crippen MR) is 57.2 cm³/mol. The molecule has 0 spiro atoms. The lowest BCUT2D eigenvalue weighted by molar-refractivity contribution is 0.0386. The van der Waals surface area contributed by atoms with Crippen LogP contribution in [-0.2, 0) is 4.74 Å². The van der Waals surface area contributed by atoms with Gasteiger partial charge in [-0.1, -0.05) is 0 Å². The fraction of sp³-hybridized carbons (Fsp3) is 1.00. The maximum atomic E-state index is 5.96. The van der Waals surface area contributed by atoms with Gasteiger partial charge in [0.05, 0.1) is 6.10 Å². The highest BCUT2D eigenvalue weighted by atomic mass is 16.5. The normalized spacial score (nSPS) is 45.6. The zero-order valence-corrected chi connectivity index (χ0v) is 9.28. The van der Waals surface area contributed by atoms with Crippen LogP contribution in [0.3, 0.4) is 0 Å². The first-order valence-corrected chi connectivity index (χ1v) is 5.81. The SMILES string of the molecule is CC1OCCC1N1CCC(N)CC1C. The van der Waals surface area contributed by atoms with Crippen molar-refractivity contribution < 1.29 is 4.74 Å². The molecule has 2 saturated heterocycles. The van der Waals surface area contributed by atoms with E-state index >= 15 is 0 Å². The van der Waals surface area contributed by atoms with Crippen LogP contribution in [0.2, 0.25) is 0 Å². The first-order chi connectivity index (χ1) is 6.68. The number of hydrogen-bond donors (Lipinski definition) is 1. The summed E-state index contributed by atoms with van der Waals surface area (Å²) in [6.45, 7) is 6.57. The molecule has 2 aliphatic heterocycles. The van der Waals surface area contributed by atoms with Gasteiger partial charge in [-0.25, -0.2) is 0 Å². The number of piperidine rings is 1. The van der Waals surface area contributed by atoms with Crippen molar-refractivity contribution in [3.8, 4) is 0 Å². The van der Waals surface area contributed by atoms with E-state index in [-0.39, 0.29) is 0 Å². The van der Waals surface area contributed by atoms with Gasteiger partial charge in [-0.3, -0.25) is 4.90 Å². The molecule has 0 aromatic rings. The molecule has 4 atom stereocenters. The fourth-order valence-electron chi connectivity index (χ4n) is 2.88. The van der Waals surface area contributed by atoms with Crippen molar-refractivity contribution in [1.82, 2.24) is 4.90 Å². The molecule has 3 heteroatoms. The van der Waals surface area contributed by atoms with Crippen LogP contribution in [0.5, 0.6) is 0 Å². The van der Waals surface area contributed by atoms with Gasteiger partial charge in [-0.2, -0.15) is 0 Å². The van der Waals surface area contributed by atoms with Crippen molar-refractivity contribution >= 4 is 0 Å². The van der Waals surface area contributed by atoms with E-state index in [9.17, 15) is 0 Å². The van der Waals surface area contributed by atoms with E-state index in [4.69, 9.17) is 10.5 Å². The molecule has 0 amide bonds. The highest BCUT2D eigenvalue weighted by Gasteiger charge is 2.35. The Morgan fingerprint density at radius 3 is 2.64 bits per heavy atom. The van der Waals surface area contributed by atoms with E-state index in [1.807, 2.05) is 0 Å². The van der Waals surface area contributed by atoms with Gasteiger partial charge < -0.3 is 10.5 Å². The second-order valence-corrected chi connectivity index (χ2v) is 4.80. The van der Waals surface area contributed by atoms with Crippen molar-refractivity contribution in [3.63, 3.8) is 0 Å². The van der Waals surface area contributed by atoms with E-state index in [2.05, 4.69) is 18.7 Å². The lowest BCUT2D eigenvalue weighted by Gasteiger charge is -2.41. The number of rotatable bonds is 1. The summed E-state index contributed by atoms with van der Waals surface area (Å²) in [5.41, 5.74) is 5.96. The average Bonchev–Trinajstić information content (AvgIpc) is 2.52. The Bertz CT molecular complexity index is 198. The Labute approximate surface area is 86.6 Å². The van der Waals surface area contributed by atoms with Crippen LogP contribution >= 0.6 is 0 Å². The molecule has 2 N–H and O–H groups in total. The second-order valence-electron chi connectivity index (χ2n) is 4.80. The quantitative estimate of drug-likeness (QED) is 0.682. The molecule has 0 aliphatic carbocycles. The predicted octanol–water partition coefficient (Wildman–Crippen LogP) is 0.975. The Hall–Kier alpha value is -0.120. The van der Waals surface area contributed by atoms with Crippen LogP contribution in [0, 0.1) is 0 Å². The lowest BCUT2D eigenvalue weighted by atomic mass is 9.95. The van der Waals surface area contributed by atoms with Crippen molar-refractivity contribution in [3.05, 3.63) is 0 Å². The maximum Gasteiger partial charge on any atom is 0.0703 e. The summed E-state index contributed by atoms with van der Waals surface area (Å²) in [6, 6.07) is 1.68. The van der Waals surface area contributed by atoms with Crippen LogP contribution in [0.1, 0.15) is 33.1 Å². The van der Waals surface area contributed by atoms with Crippen LogP contribution < -0.4 is 5.73 Å². The number of nitrogens with two attached hydrogens (primary N) is 1. The van der Waals surface area contributed by atoms with E-state index in [0.29, 0.717) is 24.2 Å². The van der Waals surface area contributed by atoms with Crippen molar-refractivity contribution in [2.75, 3.05) is 13.2 Å². The summed E-state index contributed by atoms with van der Waals surface area (Å²) >= 11 is 0. The second kappa shape index (κ2) is 4.17. The first-order valence-electron chi connectivity index (χ1n) is 5.81. The summed E-state index contributed by atoms with van der Waals surface area (Å²) in [6.07, 6.45) is 3.89. The maximum absolute atomic E-state index is 5.96. The highest BCUT2D eigenvalue weighted by molar-refractivity contribution is 4.89. The van der Waals surface area contributed by atoms with Crippen molar-refractivity contribution in [2.45, 2.75) is 57.3 Å². The molecular weight excluding hydrogens is 176 g/mol. The number of nitrogens with zero attached hydrogens (tertiary/aromatic N) is 1. The van der Waals surface area contributed by atoms with Gasteiger partial charge in [-0.05, 0) is 33.1 Å². The Morgan fingerprint density at radius 2 is 2.07 bits per heavy atom. The lowest BCUT2D eigenvalue weighted by Crippen LogP contribution is -2.52. The molecule has 2 rings (SSSR count). The molecule has 0 saturated carbocycles. The number of hydrogen-bond acceptors (Lipinski definition) is 3. The molecule has 4 unspecified atom stereocenters. The Morgan fingerprint density at radius 1 is 1.29 bits per heavy atom. The minimum atomic E-state index is 0.409. The minimum Gasteiger partial charge on any atom is -0.377 e. The van der Waals surface area contributed by atoms with Gasteiger partial charge in [0.15, 0.2) is 0 Å². The summed E-state index contributed by atoms with van der Waals surface area (Å²) in [5, 5.41) is 0. The van der Waals surface area contributed by atoms with Crippen molar-refractivity contribution in [2.24, 2.45) is 5.73 Å². The molecule has 0 radical (unpaired) electrons. The summed E-state index contributed by atoms with van der Waals surface area (Å²) in [7, 11) is 0. The van der Waals surface area contributed by atoms with E-state index in [1.165, 1.54) is 6.42 Å². The van der Waals surface area contributed by atoms with Gasteiger partial charge >= 0.3 is 0 Å². The standard InChI is InChI=1S/C11H22N2O/c1-8-7-10(12)3-5-13(8)11-4-6-14-9(11)2/h8-11H,3-7,12H2,1-2H3. The fourth-order valence-corrected chi connectivity index (χ4v) is 2.88. The molecule has 2 fully saturated rings. The molecule has 14 heavy (non-hydrogen) atoms. The third kappa shape index (κ3) is 1.95. The number of likely N-dealkylation sites (tertiary alicyclic amines) is 1. The highest BCUT2D eigenvalue weighted by Crippen LogP contribution is 2.26. The zero-order valence-electron chi connectivity index (χ0n) is 9.28. The summed E-state index contributed by atoms with van der Waals surface area (Å²) in [4.78, 5) is 2.60. The third-order valence-electron chi connectivity index (χ3n) is 3.73. The zero-order chi connectivity index (χ0) is 10.1. The summed E-state index contributed by atoms with van der Waals surface area (Å²) < 4.78 is 5.62. The molecule has 2 heterocycles. The molecule has 2 aliphatic rings. The van der Waals surface area contributed by atoms with Gasteiger partial charge in [0.25, 0.3) is 0 Å². The van der Waals surface area contributed by atoms with Crippen LogP contribution in [0.4, 0.5) is 0 Å². The monoisotopic (exact) mass is 198 g/mol. The average molecular weight is 198 g/mol. The molecular formula is C11H22N2O. The topological polar surface area (TPSA) is 38.5 Å². The molecule has 82 valence electrons. The molecule has 0 aromatic carbocycles.